The molecule has 2 aromatic rings. The summed E-state index contributed by atoms with van der Waals surface area (Å²) in [5, 5.41) is 8.00. The molecule has 2 radical (unpaired) electrons. The van der Waals surface area contributed by atoms with Crippen LogP contribution in [0.15, 0.2) is 40.7 Å². The fourth-order valence-corrected chi connectivity index (χ4v) is 6.99. The van der Waals surface area contributed by atoms with Crippen molar-refractivity contribution in [3.05, 3.63) is 51.1 Å². The van der Waals surface area contributed by atoms with Crippen LogP contribution in [0.1, 0.15) is 39.0 Å². The van der Waals surface area contributed by atoms with Crippen molar-refractivity contribution in [3.63, 3.8) is 0 Å². The van der Waals surface area contributed by atoms with E-state index < -0.39 is 58.7 Å². The van der Waals surface area contributed by atoms with Gasteiger partial charge in [-0.05, 0) is 51.0 Å². The first kappa shape index (κ1) is 37.8. The van der Waals surface area contributed by atoms with Crippen LogP contribution in [0.25, 0.3) is 0 Å². The molecule has 4 rings (SSSR count). The van der Waals surface area contributed by atoms with Gasteiger partial charge in [-0.25, -0.2) is 19.4 Å². The second-order valence-corrected chi connectivity index (χ2v) is 14.2. The number of ether oxygens (including phenoxy) is 3. The highest BCUT2D eigenvalue weighted by Gasteiger charge is 2.54. The van der Waals surface area contributed by atoms with Gasteiger partial charge in [0.1, 0.15) is 45.1 Å². The lowest BCUT2D eigenvalue weighted by Gasteiger charge is -2.49. The van der Waals surface area contributed by atoms with Crippen LogP contribution in [-0.4, -0.2) is 95.4 Å². The maximum atomic E-state index is 13.6. The van der Waals surface area contributed by atoms with Crippen molar-refractivity contribution in [2.24, 2.45) is 5.16 Å². The molecule has 1 saturated heterocycles. The average molecular weight is 754 g/mol. The molecular weight excluding hydrogens is 724 g/mol. The number of aromatic nitrogens is 1. The number of benzene rings is 1. The normalized spacial score (nSPS) is 18.1. The molecule has 0 aliphatic carbocycles. The number of nitrogens with zero attached hydrogens (tertiary/aromatic N) is 3. The summed E-state index contributed by atoms with van der Waals surface area (Å²) in [6.07, 6.45) is -2.19. The number of alkyl halides is 1. The number of anilines is 1. The Balaban J connectivity index is 1.53. The number of carbonyl (C=O) groups excluding carboxylic acids is 5. The minimum absolute atomic E-state index is 0.00508. The largest absolute Gasteiger partial charge is 0.541 e. The topological polar surface area (TPSA) is 184 Å². The number of rotatable bonds is 12. The number of oxime groups is 1. The standard InChI is InChI=1S/C29H30BCl2N5O10S2/c1-13(25(40)46-30)47-36-18(17-21(32)49-27(34-17)35-28(42)45-29(2,3)4)22(38)33-19-23(39)37-20(15(10-31)12-48-24(19)37)26(41)44-11-14-6-8-16(43-5)9-7-14/h6-9,13,19,24H,10-12H2,1-5H3,(H,33,38)(H,34,35,42)/t13-,19?,24?/m0/s1. The monoisotopic (exact) mass is 753 g/mol. The van der Waals surface area contributed by atoms with E-state index in [-0.39, 0.29) is 39.1 Å². The third-order valence-electron chi connectivity index (χ3n) is 6.60. The van der Waals surface area contributed by atoms with Gasteiger partial charge in [-0.3, -0.25) is 19.8 Å². The molecule has 0 bridgehead atoms. The number of hydrogen-bond donors (Lipinski definition) is 2. The molecule has 2 N–H and O–H groups in total. The third kappa shape index (κ3) is 9.17. The summed E-state index contributed by atoms with van der Waals surface area (Å²) < 4.78 is 19.9. The molecule has 1 aromatic carbocycles. The van der Waals surface area contributed by atoms with Gasteiger partial charge in [-0.2, -0.15) is 0 Å². The Morgan fingerprint density at radius 1 is 1.20 bits per heavy atom. The smallest absolute Gasteiger partial charge is 0.413 e. The molecule has 260 valence electrons. The molecule has 3 atom stereocenters. The molecule has 15 nitrogen and oxygen atoms in total. The summed E-state index contributed by atoms with van der Waals surface area (Å²) in [7, 11) is 6.45. The van der Waals surface area contributed by atoms with Crippen molar-refractivity contribution in [2.75, 3.05) is 24.1 Å². The number of nitrogens with one attached hydrogen (secondary N) is 2. The van der Waals surface area contributed by atoms with Gasteiger partial charge in [-0.15, -0.1) is 23.4 Å². The van der Waals surface area contributed by atoms with Gasteiger partial charge in [0, 0.05) is 11.6 Å². The first-order valence-corrected chi connectivity index (χ1v) is 17.1. The van der Waals surface area contributed by atoms with Gasteiger partial charge in [-0.1, -0.05) is 40.2 Å². The second kappa shape index (κ2) is 16.1. The fourth-order valence-electron chi connectivity index (χ4n) is 4.28. The van der Waals surface area contributed by atoms with E-state index in [2.05, 4.69) is 25.4 Å². The van der Waals surface area contributed by atoms with Crippen molar-refractivity contribution in [2.45, 2.75) is 57.4 Å². The minimum Gasteiger partial charge on any atom is -0.541 e. The van der Waals surface area contributed by atoms with Crippen molar-refractivity contribution in [1.82, 2.24) is 15.2 Å². The van der Waals surface area contributed by atoms with Crippen LogP contribution < -0.4 is 15.4 Å². The van der Waals surface area contributed by atoms with E-state index in [1.165, 1.54) is 30.7 Å². The number of thioether (sulfide) groups is 1. The lowest BCUT2D eigenvalue weighted by atomic mass is 10.0. The van der Waals surface area contributed by atoms with Crippen LogP contribution in [0, 0.1) is 0 Å². The van der Waals surface area contributed by atoms with Gasteiger partial charge < -0.3 is 29.0 Å². The molecule has 1 fully saturated rings. The highest BCUT2D eigenvalue weighted by atomic mass is 35.5. The summed E-state index contributed by atoms with van der Waals surface area (Å²) in [6.45, 7) is 6.19. The van der Waals surface area contributed by atoms with E-state index in [0.717, 1.165) is 11.3 Å². The number of methoxy groups -OCH3 is 1. The summed E-state index contributed by atoms with van der Waals surface area (Å²) in [5.74, 6) is -2.48. The Bertz CT molecular complexity index is 1680. The predicted molar refractivity (Wildman–Crippen MR) is 181 cm³/mol. The van der Waals surface area contributed by atoms with Gasteiger partial charge in [0.25, 0.3) is 11.8 Å². The Kier molecular flexibility index (Phi) is 12.5. The van der Waals surface area contributed by atoms with Crippen LogP contribution in [0.5, 0.6) is 5.75 Å². The van der Waals surface area contributed by atoms with E-state index in [0.29, 0.717) is 16.9 Å². The number of thiazole rings is 1. The number of hydrogen-bond acceptors (Lipinski definition) is 14. The zero-order valence-corrected chi connectivity index (χ0v) is 29.9. The second-order valence-electron chi connectivity index (χ2n) is 11.3. The van der Waals surface area contributed by atoms with E-state index in [1.807, 2.05) is 0 Å². The van der Waals surface area contributed by atoms with E-state index in [1.54, 1.807) is 45.0 Å². The van der Waals surface area contributed by atoms with Crippen LogP contribution in [-0.2, 0) is 44.8 Å². The van der Waals surface area contributed by atoms with E-state index in [4.69, 9.17) is 50.3 Å². The van der Waals surface area contributed by atoms with Crippen molar-refractivity contribution in [1.29, 1.82) is 0 Å². The Hall–Kier alpha value is -4.00. The molecule has 20 heteroatoms. The van der Waals surface area contributed by atoms with Crippen LogP contribution in [0.2, 0.25) is 4.34 Å². The molecule has 3 heterocycles. The van der Waals surface area contributed by atoms with Gasteiger partial charge in [0.05, 0.1) is 7.11 Å². The fraction of sp³-hybridized carbons (Fsp3) is 0.414. The molecule has 0 saturated carbocycles. The number of esters is 1. The summed E-state index contributed by atoms with van der Waals surface area (Å²) >= 11 is 14.6. The third-order valence-corrected chi connectivity index (χ3v) is 9.43. The predicted octanol–water partition coefficient (Wildman–Crippen LogP) is 3.52. The van der Waals surface area contributed by atoms with E-state index >= 15 is 0 Å². The molecule has 2 aliphatic heterocycles. The molecule has 0 spiro atoms. The van der Waals surface area contributed by atoms with Crippen molar-refractivity contribution in [3.8, 4) is 5.75 Å². The quantitative estimate of drug-likeness (QED) is 0.0804. The molecule has 3 amide bonds. The lowest BCUT2D eigenvalue weighted by Crippen LogP contribution is -2.71. The van der Waals surface area contributed by atoms with Gasteiger partial charge in [0.2, 0.25) is 6.10 Å². The van der Waals surface area contributed by atoms with Gasteiger partial charge >= 0.3 is 26.1 Å². The number of amides is 3. The van der Waals surface area contributed by atoms with Crippen LogP contribution in [0.4, 0.5) is 9.93 Å². The highest BCUT2D eigenvalue weighted by Crippen LogP contribution is 2.41. The first-order valence-electron chi connectivity index (χ1n) is 14.3. The average Bonchev–Trinajstić information content (AvgIpc) is 3.42. The summed E-state index contributed by atoms with van der Waals surface area (Å²) in [4.78, 5) is 75.0. The number of fused-ring (bicyclic) bond motifs is 1. The minimum atomic E-state index is -1.36. The lowest BCUT2D eigenvalue weighted by molar-refractivity contribution is -0.153. The maximum Gasteiger partial charge on any atom is 0.413 e. The van der Waals surface area contributed by atoms with Crippen molar-refractivity contribution < 1.29 is 47.7 Å². The first-order chi connectivity index (χ1) is 23.2. The Morgan fingerprint density at radius 3 is 2.51 bits per heavy atom. The van der Waals surface area contributed by atoms with Crippen LogP contribution in [0.3, 0.4) is 0 Å². The van der Waals surface area contributed by atoms with Gasteiger partial charge in [0.15, 0.2) is 10.8 Å². The molecule has 2 unspecified atom stereocenters. The van der Waals surface area contributed by atoms with Crippen LogP contribution >= 0.6 is 46.3 Å². The SMILES string of the molecule is [B]OC(=O)[C@H](C)ON=C(C(=O)NC1C(=O)N2C(C(=O)OCc3ccc(OC)cc3)=C(CCl)CSC12)c1nc(NC(=O)OC(C)(C)C)sc1Cl. The number of β-lactam (4-membered cyclic amide) rings is 1. The Labute approximate surface area is 300 Å². The molecule has 49 heavy (non-hydrogen) atoms. The number of halogens is 2. The zero-order valence-electron chi connectivity index (χ0n) is 26.7. The molecular formula is C29H30BCl2N5O10S2. The Morgan fingerprint density at radius 2 is 1.90 bits per heavy atom. The van der Waals surface area contributed by atoms with Crippen molar-refractivity contribution >= 4 is 95.0 Å². The summed E-state index contributed by atoms with van der Waals surface area (Å²) in [6, 6.07) is 5.77. The molecule has 2 aliphatic rings. The highest BCUT2D eigenvalue weighted by molar-refractivity contribution is 8.00. The zero-order chi connectivity index (χ0) is 36.0. The maximum absolute atomic E-state index is 13.6. The van der Waals surface area contributed by atoms with E-state index in [9.17, 15) is 24.0 Å². The summed E-state index contributed by atoms with van der Waals surface area (Å²) in [5.41, 5.74) is -0.424. The number of carbonyl (C=O) groups is 5. The molecule has 1 aromatic heterocycles.